The van der Waals surface area contributed by atoms with Crippen molar-refractivity contribution in [3.63, 3.8) is 0 Å². The molecule has 2 aliphatic rings. The molecular formula is C19H28FN3O4S. The van der Waals surface area contributed by atoms with Crippen LogP contribution >= 0.6 is 0 Å². The van der Waals surface area contributed by atoms with Gasteiger partial charge in [-0.05, 0) is 44.9 Å². The minimum atomic E-state index is -3.79. The van der Waals surface area contributed by atoms with E-state index in [1.165, 1.54) is 6.07 Å². The van der Waals surface area contributed by atoms with Gasteiger partial charge in [-0.25, -0.2) is 17.5 Å². The summed E-state index contributed by atoms with van der Waals surface area (Å²) in [7, 11) is -3.79. The van der Waals surface area contributed by atoms with Crippen LogP contribution in [0.15, 0.2) is 23.1 Å². The van der Waals surface area contributed by atoms with E-state index in [9.17, 15) is 17.6 Å². The van der Waals surface area contributed by atoms with Gasteiger partial charge in [-0.1, -0.05) is 0 Å². The Bertz CT molecular complexity index is 801. The van der Waals surface area contributed by atoms with Gasteiger partial charge in [-0.15, -0.1) is 0 Å². The molecule has 156 valence electrons. The molecule has 2 fully saturated rings. The summed E-state index contributed by atoms with van der Waals surface area (Å²) in [6, 6.07) is 3.04. The average Bonchev–Trinajstić information content (AvgIpc) is 3.14. The van der Waals surface area contributed by atoms with Gasteiger partial charge in [0.15, 0.2) is 0 Å². The second-order valence-electron chi connectivity index (χ2n) is 7.65. The normalized spacial score (nSPS) is 21.4. The fourth-order valence-corrected chi connectivity index (χ4v) is 4.87. The molecule has 0 bridgehead atoms. The van der Waals surface area contributed by atoms with Crippen LogP contribution in [0.25, 0.3) is 0 Å². The van der Waals surface area contributed by atoms with Crippen LogP contribution < -0.4 is 4.72 Å². The van der Waals surface area contributed by atoms with Gasteiger partial charge in [0.1, 0.15) is 5.82 Å². The fraction of sp³-hybridized carbons (Fsp3) is 0.632. The third-order valence-corrected chi connectivity index (χ3v) is 6.67. The number of halogens is 1. The van der Waals surface area contributed by atoms with Crippen LogP contribution in [0.5, 0.6) is 0 Å². The lowest BCUT2D eigenvalue weighted by Gasteiger charge is -2.35. The van der Waals surface area contributed by atoms with Crippen molar-refractivity contribution >= 4 is 15.9 Å². The van der Waals surface area contributed by atoms with Crippen molar-refractivity contribution < 1.29 is 22.3 Å². The highest BCUT2D eigenvalue weighted by Crippen LogP contribution is 2.19. The maximum atomic E-state index is 14.3. The molecule has 1 unspecified atom stereocenters. The highest BCUT2D eigenvalue weighted by Gasteiger charge is 2.28. The largest absolute Gasteiger partial charge is 0.377 e. The van der Waals surface area contributed by atoms with E-state index in [0.717, 1.165) is 38.1 Å². The Hall–Kier alpha value is -1.55. The molecule has 0 aliphatic carbocycles. The second-order valence-corrected chi connectivity index (χ2v) is 9.36. The number of carbonyl (C=O) groups excluding carboxylic acids is 1. The summed E-state index contributed by atoms with van der Waals surface area (Å²) < 4.78 is 47.1. The fourth-order valence-electron chi connectivity index (χ4n) is 3.59. The Morgan fingerprint density at radius 2 is 2.00 bits per heavy atom. The molecule has 2 saturated heterocycles. The topological polar surface area (TPSA) is 79.0 Å². The van der Waals surface area contributed by atoms with Crippen LogP contribution in [0.1, 0.15) is 37.0 Å². The zero-order valence-corrected chi connectivity index (χ0v) is 17.2. The van der Waals surface area contributed by atoms with Crippen molar-refractivity contribution in [2.45, 2.75) is 43.7 Å². The number of hydrogen-bond donors (Lipinski definition) is 1. The van der Waals surface area contributed by atoms with Crippen molar-refractivity contribution in [2.75, 3.05) is 39.3 Å². The quantitative estimate of drug-likeness (QED) is 0.764. The predicted molar refractivity (Wildman–Crippen MR) is 103 cm³/mol. The SMILES string of the molecule is CC(C)NS(=O)(=O)c1ccc(F)c(C(=O)N2CCN(CC3CCCO3)CC2)c1. The number of carbonyl (C=O) groups is 1. The summed E-state index contributed by atoms with van der Waals surface area (Å²) in [5.41, 5.74) is -0.209. The highest BCUT2D eigenvalue weighted by atomic mass is 32.2. The van der Waals surface area contributed by atoms with Gasteiger partial charge in [0.25, 0.3) is 5.91 Å². The molecule has 2 aliphatic heterocycles. The number of piperazine rings is 1. The lowest BCUT2D eigenvalue weighted by Crippen LogP contribution is -2.50. The standard InChI is InChI=1S/C19H28FN3O4S/c1-14(2)21-28(25,26)16-5-6-18(20)17(12-16)19(24)23-9-7-22(8-10-23)13-15-4-3-11-27-15/h5-6,12,14-15,21H,3-4,7-11,13H2,1-2H3. The van der Waals surface area contributed by atoms with Gasteiger partial charge in [0, 0.05) is 45.4 Å². The Kier molecular flexibility index (Phi) is 6.69. The zero-order valence-electron chi connectivity index (χ0n) is 16.4. The van der Waals surface area contributed by atoms with Crippen LogP contribution in [0, 0.1) is 5.82 Å². The number of benzene rings is 1. The molecule has 0 saturated carbocycles. The van der Waals surface area contributed by atoms with E-state index in [-0.39, 0.29) is 22.6 Å². The number of rotatable bonds is 6. The first kappa shape index (κ1) is 21.2. The van der Waals surface area contributed by atoms with Crippen molar-refractivity contribution in [1.82, 2.24) is 14.5 Å². The van der Waals surface area contributed by atoms with E-state index in [2.05, 4.69) is 9.62 Å². The lowest BCUT2D eigenvalue weighted by molar-refractivity contribution is 0.0430. The van der Waals surface area contributed by atoms with E-state index in [1.807, 2.05) is 0 Å². The molecular weight excluding hydrogens is 385 g/mol. The van der Waals surface area contributed by atoms with Gasteiger partial charge >= 0.3 is 0 Å². The van der Waals surface area contributed by atoms with Crippen molar-refractivity contribution in [3.8, 4) is 0 Å². The molecule has 1 N–H and O–H groups in total. The van der Waals surface area contributed by atoms with E-state index < -0.39 is 21.7 Å². The highest BCUT2D eigenvalue weighted by molar-refractivity contribution is 7.89. The summed E-state index contributed by atoms with van der Waals surface area (Å²) in [6.45, 7) is 7.41. The van der Waals surface area contributed by atoms with Gasteiger partial charge in [0.05, 0.1) is 16.6 Å². The van der Waals surface area contributed by atoms with Crippen molar-refractivity contribution in [2.24, 2.45) is 0 Å². The number of nitrogens with one attached hydrogen (secondary N) is 1. The Labute approximate surface area is 165 Å². The number of nitrogens with zero attached hydrogens (tertiary/aromatic N) is 2. The molecule has 0 spiro atoms. The maximum absolute atomic E-state index is 14.3. The number of amides is 1. The minimum Gasteiger partial charge on any atom is -0.377 e. The second kappa shape index (κ2) is 8.86. The number of sulfonamides is 1. The van der Waals surface area contributed by atoms with Crippen LogP contribution in [-0.2, 0) is 14.8 Å². The van der Waals surface area contributed by atoms with Crippen LogP contribution in [0.3, 0.4) is 0 Å². The van der Waals surface area contributed by atoms with E-state index in [0.29, 0.717) is 26.2 Å². The third kappa shape index (κ3) is 5.08. The number of hydrogen-bond acceptors (Lipinski definition) is 5. The number of ether oxygens (including phenoxy) is 1. The zero-order chi connectivity index (χ0) is 20.3. The first-order valence-electron chi connectivity index (χ1n) is 9.71. The van der Waals surface area contributed by atoms with Crippen LogP contribution in [0.4, 0.5) is 4.39 Å². The molecule has 1 atom stereocenters. The first-order valence-corrected chi connectivity index (χ1v) is 11.2. The van der Waals surface area contributed by atoms with Gasteiger partial charge < -0.3 is 9.64 Å². The summed E-state index contributed by atoms with van der Waals surface area (Å²) in [5.74, 6) is -1.19. The Morgan fingerprint density at radius 3 is 2.61 bits per heavy atom. The lowest BCUT2D eigenvalue weighted by atomic mass is 10.1. The summed E-state index contributed by atoms with van der Waals surface area (Å²) in [6.07, 6.45) is 2.42. The molecule has 3 rings (SSSR count). The van der Waals surface area contributed by atoms with Crippen molar-refractivity contribution in [3.05, 3.63) is 29.6 Å². The molecule has 7 nitrogen and oxygen atoms in total. The van der Waals surface area contributed by atoms with Crippen LogP contribution in [0.2, 0.25) is 0 Å². The Balaban J connectivity index is 1.66. The van der Waals surface area contributed by atoms with Crippen LogP contribution in [-0.4, -0.2) is 75.6 Å². The molecule has 28 heavy (non-hydrogen) atoms. The predicted octanol–water partition coefficient (Wildman–Crippen LogP) is 1.45. The molecule has 0 aromatic heterocycles. The van der Waals surface area contributed by atoms with Gasteiger partial charge in [-0.3, -0.25) is 9.69 Å². The summed E-state index contributed by atoms with van der Waals surface area (Å²) in [4.78, 5) is 16.5. The maximum Gasteiger partial charge on any atom is 0.256 e. The average molecular weight is 414 g/mol. The van der Waals surface area contributed by atoms with E-state index in [4.69, 9.17) is 4.74 Å². The minimum absolute atomic E-state index is 0.108. The summed E-state index contributed by atoms with van der Waals surface area (Å²) >= 11 is 0. The molecule has 1 aromatic rings. The van der Waals surface area contributed by atoms with E-state index >= 15 is 0 Å². The molecule has 2 heterocycles. The Morgan fingerprint density at radius 1 is 1.29 bits per heavy atom. The third-order valence-electron chi connectivity index (χ3n) is 5.01. The van der Waals surface area contributed by atoms with Gasteiger partial charge in [-0.2, -0.15) is 0 Å². The molecule has 1 amide bonds. The molecule has 0 radical (unpaired) electrons. The monoisotopic (exact) mass is 413 g/mol. The van der Waals surface area contributed by atoms with E-state index in [1.54, 1.807) is 18.7 Å². The van der Waals surface area contributed by atoms with Crippen molar-refractivity contribution in [1.29, 1.82) is 0 Å². The smallest absolute Gasteiger partial charge is 0.256 e. The summed E-state index contributed by atoms with van der Waals surface area (Å²) in [5, 5.41) is 0. The molecule has 9 heteroatoms. The molecule has 1 aromatic carbocycles. The van der Waals surface area contributed by atoms with Gasteiger partial charge in [0.2, 0.25) is 10.0 Å². The first-order chi connectivity index (χ1) is 13.3.